The highest BCUT2D eigenvalue weighted by Gasteiger charge is 2.14. The second-order valence-corrected chi connectivity index (χ2v) is 5.70. The quantitative estimate of drug-likeness (QED) is 0.524. The molecular weight excluding hydrogens is 318 g/mol. The van der Waals surface area contributed by atoms with Crippen molar-refractivity contribution >= 4 is 28.2 Å². The van der Waals surface area contributed by atoms with E-state index in [2.05, 4.69) is 15.3 Å². The molecule has 4 N–H and O–H groups in total. The third kappa shape index (κ3) is 5.22. The van der Waals surface area contributed by atoms with Crippen molar-refractivity contribution in [3.8, 4) is 11.8 Å². The Balaban J connectivity index is 2.23. The number of carbonyl (C=O) groups is 1. The minimum atomic E-state index is -0.358. The van der Waals surface area contributed by atoms with Crippen molar-refractivity contribution in [3.63, 3.8) is 0 Å². The van der Waals surface area contributed by atoms with Gasteiger partial charge in [0.05, 0.1) is 11.7 Å². The molecule has 2 heterocycles. The van der Waals surface area contributed by atoms with Crippen LogP contribution in [0, 0.1) is 5.41 Å². The summed E-state index contributed by atoms with van der Waals surface area (Å²) in [4.78, 5) is 20.4. The van der Waals surface area contributed by atoms with Crippen LogP contribution in [0.5, 0.6) is 11.8 Å². The molecule has 8 nitrogen and oxygen atoms in total. The molecule has 9 heteroatoms. The van der Waals surface area contributed by atoms with Gasteiger partial charge in [-0.05, 0) is 13.8 Å². The van der Waals surface area contributed by atoms with Crippen molar-refractivity contribution in [1.82, 2.24) is 9.97 Å². The van der Waals surface area contributed by atoms with Crippen LogP contribution in [0.4, 0.5) is 5.13 Å². The number of carbonyl (C=O) groups excluding carboxylic acids is 1. The second-order valence-electron chi connectivity index (χ2n) is 4.80. The van der Waals surface area contributed by atoms with Gasteiger partial charge in [-0.1, -0.05) is 0 Å². The molecule has 0 spiro atoms. The molecule has 0 atom stereocenters. The molecule has 23 heavy (non-hydrogen) atoms. The maximum atomic E-state index is 12.3. The fourth-order valence-electron chi connectivity index (χ4n) is 1.59. The molecule has 0 aliphatic rings. The molecule has 0 aliphatic carbocycles. The summed E-state index contributed by atoms with van der Waals surface area (Å²) in [6.45, 7) is 3.58. The highest BCUT2D eigenvalue weighted by Crippen LogP contribution is 2.21. The van der Waals surface area contributed by atoms with Gasteiger partial charge in [0.2, 0.25) is 11.8 Å². The number of nitrogens with zero attached hydrogens (tertiary/aromatic N) is 2. The Bertz CT molecular complexity index is 688. The Morgan fingerprint density at radius 1 is 1.43 bits per heavy atom. The van der Waals surface area contributed by atoms with Crippen LogP contribution in [-0.4, -0.2) is 34.4 Å². The number of amidine groups is 1. The van der Waals surface area contributed by atoms with Crippen molar-refractivity contribution in [2.24, 2.45) is 5.73 Å². The highest BCUT2D eigenvalue weighted by atomic mass is 32.1. The van der Waals surface area contributed by atoms with E-state index < -0.39 is 0 Å². The lowest BCUT2D eigenvalue weighted by Crippen LogP contribution is -2.20. The van der Waals surface area contributed by atoms with Crippen LogP contribution in [-0.2, 0) is 0 Å². The first kappa shape index (κ1) is 16.7. The van der Waals surface area contributed by atoms with Crippen LogP contribution in [0.3, 0.4) is 0 Å². The lowest BCUT2D eigenvalue weighted by molar-refractivity contribution is 0.102. The number of rotatable bonds is 7. The summed E-state index contributed by atoms with van der Waals surface area (Å²) in [6.07, 6.45) is 1.49. The molecule has 1 amide bonds. The molecule has 0 unspecified atom stereocenters. The van der Waals surface area contributed by atoms with Gasteiger partial charge in [0.25, 0.3) is 5.91 Å². The van der Waals surface area contributed by atoms with E-state index in [0.29, 0.717) is 10.7 Å². The van der Waals surface area contributed by atoms with Crippen LogP contribution in [0.15, 0.2) is 23.7 Å². The molecule has 0 aliphatic heterocycles. The lowest BCUT2D eigenvalue weighted by atomic mass is 10.2. The molecule has 0 bridgehead atoms. The van der Waals surface area contributed by atoms with E-state index in [0.717, 1.165) is 0 Å². The summed E-state index contributed by atoms with van der Waals surface area (Å²) in [5.74, 6) is -0.0904. The van der Waals surface area contributed by atoms with Crippen molar-refractivity contribution < 1.29 is 14.3 Å². The van der Waals surface area contributed by atoms with Gasteiger partial charge in [0.15, 0.2) is 5.13 Å². The molecule has 2 aromatic rings. The molecule has 2 aromatic heterocycles. The number of hydrogen-bond acceptors (Lipinski definition) is 7. The summed E-state index contributed by atoms with van der Waals surface area (Å²) >= 11 is 1.31. The first-order chi connectivity index (χ1) is 10.9. The number of nitrogens with one attached hydrogen (secondary N) is 2. The molecule has 0 aromatic carbocycles. The zero-order chi connectivity index (χ0) is 16.8. The zero-order valence-electron chi connectivity index (χ0n) is 12.7. The number of thiazole rings is 1. The number of hydrogen-bond donors (Lipinski definition) is 3. The monoisotopic (exact) mass is 335 g/mol. The number of amides is 1. The third-order valence-corrected chi connectivity index (χ3v) is 3.11. The summed E-state index contributed by atoms with van der Waals surface area (Å²) in [5, 5.41) is 12.1. The van der Waals surface area contributed by atoms with Crippen molar-refractivity contribution in [3.05, 3.63) is 29.3 Å². The largest absolute Gasteiger partial charge is 0.475 e. The number of aromatic nitrogens is 2. The van der Waals surface area contributed by atoms with E-state index >= 15 is 0 Å². The first-order valence-corrected chi connectivity index (χ1v) is 7.67. The number of anilines is 1. The predicted molar refractivity (Wildman–Crippen MR) is 87.5 cm³/mol. The molecule has 122 valence electrons. The number of pyridine rings is 1. The molecular formula is C14H17N5O3S. The minimum absolute atomic E-state index is 0.111. The Labute approximate surface area is 137 Å². The van der Waals surface area contributed by atoms with Crippen LogP contribution < -0.4 is 20.5 Å². The van der Waals surface area contributed by atoms with Gasteiger partial charge in [0, 0.05) is 23.7 Å². The third-order valence-electron chi connectivity index (χ3n) is 2.43. The molecule has 0 saturated heterocycles. The SMILES string of the molecule is CC(C)Oc1cc(C(=O)Nc2nccs2)cc(OCC(=N)N)n1. The smallest absolute Gasteiger partial charge is 0.257 e. The summed E-state index contributed by atoms with van der Waals surface area (Å²) < 4.78 is 10.8. The highest BCUT2D eigenvalue weighted by molar-refractivity contribution is 7.13. The topological polar surface area (TPSA) is 123 Å². The maximum absolute atomic E-state index is 12.3. The van der Waals surface area contributed by atoms with Crippen LogP contribution in [0.1, 0.15) is 24.2 Å². The Morgan fingerprint density at radius 2 is 2.17 bits per heavy atom. The zero-order valence-corrected chi connectivity index (χ0v) is 13.5. The van der Waals surface area contributed by atoms with E-state index in [1.165, 1.54) is 23.5 Å². The maximum Gasteiger partial charge on any atom is 0.257 e. The summed E-state index contributed by atoms with van der Waals surface area (Å²) in [6, 6.07) is 2.97. The molecule has 0 fully saturated rings. The average molecular weight is 335 g/mol. The van der Waals surface area contributed by atoms with E-state index in [4.69, 9.17) is 20.6 Å². The van der Waals surface area contributed by atoms with Crippen LogP contribution in [0.25, 0.3) is 0 Å². The van der Waals surface area contributed by atoms with Crippen molar-refractivity contribution in [2.75, 3.05) is 11.9 Å². The Hall–Kier alpha value is -2.68. The molecule has 2 rings (SSSR count). The van der Waals surface area contributed by atoms with E-state index in [9.17, 15) is 4.79 Å². The lowest BCUT2D eigenvalue weighted by Gasteiger charge is -2.12. The standard InChI is InChI=1S/C14H17N5O3S/c1-8(2)22-12-6-9(5-11(18-12)21-7-10(15)16)13(20)19-14-17-3-4-23-14/h3-6,8H,7H2,1-2H3,(H3,15,16)(H,17,19,20). The fraction of sp³-hybridized carbons (Fsp3) is 0.286. The van der Waals surface area contributed by atoms with Gasteiger partial charge < -0.3 is 15.2 Å². The second kappa shape index (κ2) is 7.54. The van der Waals surface area contributed by atoms with Crippen molar-refractivity contribution in [2.45, 2.75) is 20.0 Å². The predicted octanol–water partition coefficient (Wildman–Crippen LogP) is 1.89. The fourth-order valence-corrected chi connectivity index (χ4v) is 2.12. The van der Waals surface area contributed by atoms with Crippen molar-refractivity contribution in [1.29, 1.82) is 5.41 Å². The van der Waals surface area contributed by atoms with Crippen LogP contribution >= 0.6 is 11.3 Å². The number of nitrogens with two attached hydrogens (primary N) is 1. The molecule has 0 saturated carbocycles. The minimum Gasteiger partial charge on any atom is -0.475 e. The Morgan fingerprint density at radius 3 is 2.78 bits per heavy atom. The van der Waals surface area contributed by atoms with Gasteiger partial charge in [0.1, 0.15) is 12.4 Å². The number of ether oxygens (including phenoxy) is 2. The summed E-state index contributed by atoms with van der Waals surface area (Å²) in [7, 11) is 0. The van der Waals surface area contributed by atoms with E-state index in [1.807, 2.05) is 13.8 Å². The summed E-state index contributed by atoms with van der Waals surface area (Å²) in [5.41, 5.74) is 5.57. The van der Waals surface area contributed by atoms with E-state index in [-0.39, 0.29) is 36.2 Å². The Kier molecular flexibility index (Phi) is 5.47. The first-order valence-electron chi connectivity index (χ1n) is 6.79. The molecule has 0 radical (unpaired) electrons. The van der Waals surface area contributed by atoms with Gasteiger partial charge in [-0.15, -0.1) is 11.3 Å². The van der Waals surface area contributed by atoms with E-state index in [1.54, 1.807) is 11.6 Å². The average Bonchev–Trinajstić information content (AvgIpc) is 2.97. The van der Waals surface area contributed by atoms with Gasteiger partial charge in [-0.25, -0.2) is 4.98 Å². The van der Waals surface area contributed by atoms with Gasteiger partial charge in [-0.3, -0.25) is 15.5 Å². The van der Waals surface area contributed by atoms with Gasteiger partial charge in [-0.2, -0.15) is 4.98 Å². The van der Waals surface area contributed by atoms with Gasteiger partial charge >= 0.3 is 0 Å². The normalized spacial score (nSPS) is 10.4. The van der Waals surface area contributed by atoms with Crippen LogP contribution in [0.2, 0.25) is 0 Å².